The highest BCUT2D eigenvalue weighted by Gasteiger charge is 2.11. The molecule has 0 aliphatic carbocycles. The first-order valence-corrected chi connectivity index (χ1v) is 8.31. The fourth-order valence-corrected chi connectivity index (χ4v) is 2.18. The van der Waals surface area contributed by atoms with Crippen LogP contribution in [0.1, 0.15) is 47.0 Å². The van der Waals surface area contributed by atoms with Crippen molar-refractivity contribution >= 4 is 0 Å². The summed E-state index contributed by atoms with van der Waals surface area (Å²) >= 11 is 0. The van der Waals surface area contributed by atoms with E-state index in [0.717, 1.165) is 19.3 Å². The minimum Gasteiger partial charge on any atom is -0.0991 e. The highest BCUT2D eigenvalue weighted by atomic mass is 14.2. The first-order chi connectivity index (χ1) is 10.7. The zero-order valence-electron chi connectivity index (χ0n) is 14.8. The van der Waals surface area contributed by atoms with Crippen molar-refractivity contribution in [1.82, 2.24) is 0 Å². The lowest BCUT2D eigenvalue weighted by atomic mass is 9.87. The standard InChI is InChI=1S/C22H32/c1-6-10-12-13-15-19-22(20(5)18-14-11-7-2)21(16-8-3)17-9-4/h8-18,22H,3,6-7,19H2,1-2,4-5H3/b12-10-,14-11-,15-13-,17-9-,20-18+,21-16+. The van der Waals surface area contributed by atoms with Gasteiger partial charge in [0.2, 0.25) is 0 Å². The number of hydrogen-bond donors (Lipinski definition) is 0. The minimum atomic E-state index is 0.391. The third-order valence-corrected chi connectivity index (χ3v) is 3.34. The third kappa shape index (κ3) is 9.18. The molecule has 0 aromatic rings. The van der Waals surface area contributed by atoms with Gasteiger partial charge in [0, 0.05) is 5.92 Å². The van der Waals surface area contributed by atoms with E-state index >= 15 is 0 Å². The second-order valence-corrected chi connectivity index (χ2v) is 5.20. The van der Waals surface area contributed by atoms with Crippen molar-refractivity contribution in [2.45, 2.75) is 47.0 Å². The summed E-state index contributed by atoms with van der Waals surface area (Å²) in [7, 11) is 0. The number of rotatable bonds is 10. The smallest absolute Gasteiger partial charge is 0.00830 e. The van der Waals surface area contributed by atoms with Crippen molar-refractivity contribution in [2.24, 2.45) is 5.92 Å². The van der Waals surface area contributed by atoms with Gasteiger partial charge in [-0.15, -0.1) is 0 Å². The van der Waals surface area contributed by atoms with Gasteiger partial charge in [0.25, 0.3) is 0 Å². The molecule has 0 saturated carbocycles. The summed E-state index contributed by atoms with van der Waals surface area (Å²) in [6.07, 6.45) is 26.7. The molecule has 0 bridgehead atoms. The van der Waals surface area contributed by atoms with E-state index in [0.29, 0.717) is 5.92 Å². The zero-order chi connectivity index (χ0) is 16.6. The quantitative estimate of drug-likeness (QED) is 0.377. The Bertz CT molecular complexity index is 464. The van der Waals surface area contributed by atoms with E-state index in [1.54, 1.807) is 0 Å². The molecule has 0 nitrogen and oxygen atoms in total. The summed E-state index contributed by atoms with van der Waals surface area (Å²) in [5.41, 5.74) is 2.68. The van der Waals surface area contributed by atoms with Crippen LogP contribution in [-0.4, -0.2) is 0 Å². The second-order valence-electron chi connectivity index (χ2n) is 5.20. The van der Waals surface area contributed by atoms with Crippen molar-refractivity contribution < 1.29 is 0 Å². The van der Waals surface area contributed by atoms with Crippen molar-refractivity contribution in [2.75, 3.05) is 0 Å². The normalized spacial score (nSPS) is 15.6. The molecule has 1 unspecified atom stereocenters. The van der Waals surface area contributed by atoms with Crippen LogP contribution in [0.2, 0.25) is 0 Å². The van der Waals surface area contributed by atoms with Crippen LogP contribution < -0.4 is 0 Å². The molecular formula is C22H32. The lowest BCUT2D eigenvalue weighted by Gasteiger charge is -2.17. The van der Waals surface area contributed by atoms with Crippen molar-refractivity contribution in [3.63, 3.8) is 0 Å². The molecule has 22 heavy (non-hydrogen) atoms. The molecule has 0 spiro atoms. The molecule has 0 aromatic heterocycles. The molecule has 1 atom stereocenters. The Kier molecular flexibility index (Phi) is 13.0. The topological polar surface area (TPSA) is 0 Å². The fraction of sp³-hybridized carbons (Fsp3) is 0.364. The van der Waals surface area contributed by atoms with Gasteiger partial charge in [0.1, 0.15) is 0 Å². The van der Waals surface area contributed by atoms with Crippen LogP contribution >= 0.6 is 0 Å². The average molecular weight is 296 g/mol. The molecule has 120 valence electrons. The number of hydrogen-bond acceptors (Lipinski definition) is 0. The Labute approximate surface area is 138 Å². The molecule has 0 fully saturated rings. The Balaban J connectivity index is 5.28. The minimum absolute atomic E-state index is 0.391. The maximum absolute atomic E-state index is 3.85. The number of allylic oxidation sites excluding steroid dienone is 13. The second kappa shape index (κ2) is 14.1. The van der Waals surface area contributed by atoms with Gasteiger partial charge in [-0.05, 0) is 38.7 Å². The SMILES string of the molecule is C=C/C=C(\C=C/C)C(C/C=C\C=C/CC)/C(C)=C/C=C\CC. The highest BCUT2D eigenvalue weighted by Crippen LogP contribution is 2.26. The maximum atomic E-state index is 3.85. The van der Waals surface area contributed by atoms with E-state index in [4.69, 9.17) is 0 Å². The Morgan fingerprint density at radius 1 is 0.955 bits per heavy atom. The maximum Gasteiger partial charge on any atom is 0.00830 e. The van der Waals surface area contributed by atoms with Gasteiger partial charge in [-0.1, -0.05) is 92.8 Å². The molecule has 0 aliphatic rings. The molecule has 0 aromatic carbocycles. The summed E-state index contributed by atoms with van der Waals surface area (Å²) < 4.78 is 0. The van der Waals surface area contributed by atoms with Crippen LogP contribution in [0.3, 0.4) is 0 Å². The van der Waals surface area contributed by atoms with E-state index in [2.05, 4.69) is 95.0 Å². The van der Waals surface area contributed by atoms with Crippen LogP contribution in [0.5, 0.6) is 0 Å². The highest BCUT2D eigenvalue weighted by molar-refractivity contribution is 5.33. The van der Waals surface area contributed by atoms with Crippen LogP contribution in [-0.2, 0) is 0 Å². The molecular weight excluding hydrogens is 264 g/mol. The summed E-state index contributed by atoms with van der Waals surface area (Å²) in [6.45, 7) is 12.4. The summed E-state index contributed by atoms with van der Waals surface area (Å²) in [4.78, 5) is 0. The molecule has 0 aliphatic heterocycles. The molecule has 0 heteroatoms. The van der Waals surface area contributed by atoms with Crippen LogP contribution in [0.15, 0.2) is 84.6 Å². The average Bonchev–Trinajstić information content (AvgIpc) is 2.51. The van der Waals surface area contributed by atoms with Crippen LogP contribution in [0.25, 0.3) is 0 Å². The van der Waals surface area contributed by atoms with E-state index in [1.165, 1.54) is 11.1 Å². The Hall–Kier alpha value is -1.82. The molecule has 0 heterocycles. The molecule has 0 rings (SSSR count). The van der Waals surface area contributed by atoms with Crippen LogP contribution in [0, 0.1) is 5.92 Å². The van der Waals surface area contributed by atoms with Gasteiger partial charge in [-0.2, -0.15) is 0 Å². The predicted molar refractivity (Wildman–Crippen MR) is 103 cm³/mol. The summed E-state index contributed by atoms with van der Waals surface area (Å²) in [5, 5.41) is 0. The van der Waals surface area contributed by atoms with E-state index < -0.39 is 0 Å². The first-order valence-electron chi connectivity index (χ1n) is 8.31. The fourth-order valence-electron chi connectivity index (χ4n) is 2.18. The predicted octanol–water partition coefficient (Wildman–Crippen LogP) is 7.12. The van der Waals surface area contributed by atoms with Gasteiger partial charge >= 0.3 is 0 Å². The molecule has 0 radical (unpaired) electrons. The monoisotopic (exact) mass is 296 g/mol. The Morgan fingerprint density at radius 2 is 1.59 bits per heavy atom. The van der Waals surface area contributed by atoms with Crippen molar-refractivity contribution in [3.05, 3.63) is 84.6 Å². The van der Waals surface area contributed by atoms with Gasteiger partial charge in [-0.3, -0.25) is 0 Å². The molecule has 0 N–H and O–H groups in total. The van der Waals surface area contributed by atoms with Gasteiger partial charge < -0.3 is 0 Å². The van der Waals surface area contributed by atoms with Gasteiger partial charge in [0.05, 0.1) is 0 Å². The lowest BCUT2D eigenvalue weighted by Crippen LogP contribution is -2.03. The molecule has 0 saturated heterocycles. The van der Waals surface area contributed by atoms with Crippen LogP contribution in [0.4, 0.5) is 0 Å². The lowest BCUT2D eigenvalue weighted by molar-refractivity contribution is 0.742. The van der Waals surface area contributed by atoms with Crippen molar-refractivity contribution in [3.8, 4) is 0 Å². The summed E-state index contributed by atoms with van der Waals surface area (Å²) in [6, 6.07) is 0. The van der Waals surface area contributed by atoms with Gasteiger partial charge in [-0.25, -0.2) is 0 Å². The molecule has 0 amide bonds. The summed E-state index contributed by atoms with van der Waals surface area (Å²) in [5.74, 6) is 0.391. The van der Waals surface area contributed by atoms with Gasteiger partial charge in [0.15, 0.2) is 0 Å². The van der Waals surface area contributed by atoms with E-state index in [1.807, 2.05) is 6.08 Å². The van der Waals surface area contributed by atoms with Crippen molar-refractivity contribution in [1.29, 1.82) is 0 Å². The first kappa shape index (κ1) is 20.2. The van der Waals surface area contributed by atoms with E-state index in [-0.39, 0.29) is 0 Å². The largest absolute Gasteiger partial charge is 0.0991 e. The zero-order valence-corrected chi connectivity index (χ0v) is 14.8. The Morgan fingerprint density at radius 3 is 2.18 bits per heavy atom. The van der Waals surface area contributed by atoms with E-state index in [9.17, 15) is 0 Å². The third-order valence-electron chi connectivity index (χ3n) is 3.34.